The molecule has 28 heavy (non-hydrogen) atoms. The lowest BCUT2D eigenvalue weighted by Gasteiger charge is -2.09. The molecule has 0 aliphatic rings. The number of nitriles is 1. The number of nitrogens with one attached hydrogen (secondary N) is 2. The molecule has 3 rings (SSSR count). The summed E-state index contributed by atoms with van der Waals surface area (Å²) in [6.45, 7) is 0. The van der Waals surface area contributed by atoms with E-state index in [0.29, 0.717) is 22.7 Å². The number of hydrogen-bond donors (Lipinski definition) is 2. The third kappa shape index (κ3) is 4.02. The summed E-state index contributed by atoms with van der Waals surface area (Å²) in [6, 6.07) is 16.3. The molecule has 0 bridgehead atoms. The van der Waals surface area contributed by atoms with Crippen LogP contribution in [0.1, 0.15) is 5.56 Å². The average Bonchev–Trinajstić information content (AvgIpc) is 3.20. The van der Waals surface area contributed by atoms with Crippen LogP contribution in [0.15, 0.2) is 60.3 Å². The van der Waals surface area contributed by atoms with Crippen molar-refractivity contribution in [1.82, 2.24) is 10.2 Å². The van der Waals surface area contributed by atoms with Crippen molar-refractivity contribution in [2.75, 3.05) is 19.5 Å². The van der Waals surface area contributed by atoms with E-state index in [9.17, 15) is 10.1 Å². The van der Waals surface area contributed by atoms with Gasteiger partial charge in [-0.25, -0.2) is 0 Å². The SMILES string of the molecule is COc1ccc(-c2[nH]ncc2C=C(C#N)C(=O)Nc2ccccc2OC)cc1. The Morgan fingerprint density at radius 1 is 1.14 bits per heavy atom. The Kier molecular flexibility index (Phi) is 5.72. The fourth-order valence-corrected chi connectivity index (χ4v) is 2.64. The van der Waals surface area contributed by atoms with Crippen molar-refractivity contribution in [3.63, 3.8) is 0 Å². The van der Waals surface area contributed by atoms with Gasteiger partial charge in [0, 0.05) is 11.1 Å². The number of benzene rings is 2. The molecule has 2 N–H and O–H groups in total. The summed E-state index contributed by atoms with van der Waals surface area (Å²) < 4.78 is 10.4. The molecular weight excluding hydrogens is 356 g/mol. The zero-order valence-corrected chi connectivity index (χ0v) is 15.4. The summed E-state index contributed by atoms with van der Waals surface area (Å²) in [5, 5.41) is 19.1. The minimum absolute atomic E-state index is 0.0536. The van der Waals surface area contributed by atoms with Crippen LogP contribution in [-0.2, 0) is 4.79 Å². The van der Waals surface area contributed by atoms with Gasteiger partial charge in [-0.1, -0.05) is 12.1 Å². The molecule has 0 aliphatic carbocycles. The van der Waals surface area contributed by atoms with Gasteiger partial charge in [0.05, 0.1) is 31.8 Å². The maximum absolute atomic E-state index is 12.6. The van der Waals surface area contributed by atoms with Crippen LogP contribution in [0.25, 0.3) is 17.3 Å². The average molecular weight is 374 g/mol. The van der Waals surface area contributed by atoms with E-state index in [1.54, 1.807) is 37.6 Å². The van der Waals surface area contributed by atoms with Crippen LogP contribution in [0.3, 0.4) is 0 Å². The van der Waals surface area contributed by atoms with Crippen LogP contribution in [0, 0.1) is 11.3 Å². The van der Waals surface area contributed by atoms with Crippen molar-refractivity contribution >= 4 is 17.7 Å². The third-order valence-electron chi connectivity index (χ3n) is 4.07. The van der Waals surface area contributed by atoms with Crippen LogP contribution in [0.4, 0.5) is 5.69 Å². The number of para-hydroxylation sites is 2. The molecule has 0 unspecified atom stereocenters. The molecule has 140 valence electrons. The zero-order chi connectivity index (χ0) is 19.9. The first-order valence-electron chi connectivity index (χ1n) is 8.40. The van der Waals surface area contributed by atoms with Crippen molar-refractivity contribution in [1.29, 1.82) is 5.26 Å². The van der Waals surface area contributed by atoms with Crippen molar-refractivity contribution in [3.05, 3.63) is 65.9 Å². The molecule has 7 heteroatoms. The largest absolute Gasteiger partial charge is 0.497 e. The van der Waals surface area contributed by atoms with Gasteiger partial charge in [0.15, 0.2) is 0 Å². The summed E-state index contributed by atoms with van der Waals surface area (Å²) in [4.78, 5) is 12.6. The molecule has 0 atom stereocenters. The minimum atomic E-state index is -0.533. The van der Waals surface area contributed by atoms with E-state index in [1.165, 1.54) is 13.2 Å². The normalized spacial score (nSPS) is 10.8. The predicted octanol–water partition coefficient (Wildman–Crippen LogP) is 3.64. The fourth-order valence-electron chi connectivity index (χ4n) is 2.64. The van der Waals surface area contributed by atoms with Crippen molar-refractivity contribution < 1.29 is 14.3 Å². The van der Waals surface area contributed by atoms with Crippen molar-refractivity contribution in [2.24, 2.45) is 0 Å². The van der Waals surface area contributed by atoms with Gasteiger partial charge in [-0.2, -0.15) is 10.4 Å². The lowest BCUT2D eigenvalue weighted by molar-refractivity contribution is -0.112. The zero-order valence-electron chi connectivity index (χ0n) is 15.4. The summed E-state index contributed by atoms with van der Waals surface area (Å²) in [6.07, 6.45) is 3.06. The minimum Gasteiger partial charge on any atom is -0.497 e. The van der Waals surface area contributed by atoms with Crippen LogP contribution in [-0.4, -0.2) is 30.3 Å². The number of nitrogens with zero attached hydrogens (tertiary/aromatic N) is 2. The van der Waals surface area contributed by atoms with Crippen LogP contribution in [0.2, 0.25) is 0 Å². The highest BCUT2D eigenvalue weighted by molar-refractivity contribution is 6.10. The van der Waals surface area contributed by atoms with Gasteiger partial charge in [-0.3, -0.25) is 9.89 Å². The second-order valence-corrected chi connectivity index (χ2v) is 5.75. The first kappa shape index (κ1) is 18.7. The summed E-state index contributed by atoms with van der Waals surface area (Å²) in [5.74, 6) is 0.707. The second-order valence-electron chi connectivity index (χ2n) is 5.75. The number of aromatic nitrogens is 2. The molecule has 0 radical (unpaired) electrons. The van der Waals surface area contributed by atoms with E-state index >= 15 is 0 Å². The molecule has 1 aromatic heterocycles. The number of carbonyl (C=O) groups excluding carboxylic acids is 1. The molecule has 0 saturated carbocycles. The molecular formula is C21H18N4O3. The lowest BCUT2D eigenvalue weighted by Crippen LogP contribution is -2.14. The number of amides is 1. The Bertz CT molecular complexity index is 1050. The van der Waals surface area contributed by atoms with Gasteiger partial charge in [0.25, 0.3) is 5.91 Å². The van der Waals surface area contributed by atoms with E-state index in [1.807, 2.05) is 30.3 Å². The fraction of sp³-hybridized carbons (Fsp3) is 0.0952. The predicted molar refractivity (Wildman–Crippen MR) is 106 cm³/mol. The van der Waals surface area contributed by atoms with Crippen LogP contribution < -0.4 is 14.8 Å². The Balaban J connectivity index is 1.88. The molecule has 7 nitrogen and oxygen atoms in total. The molecule has 1 amide bonds. The van der Waals surface area contributed by atoms with Gasteiger partial charge in [-0.05, 0) is 42.5 Å². The molecule has 0 aliphatic heterocycles. The molecule has 0 saturated heterocycles. The number of carbonyl (C=O) groups is 1. The summed E-state index contributed by atoms with van der Waals surface area (Å²) in [5.41, 5.74) is 2.60. The van der Waals surface area contributed by atoms with Crippen LogP contribution >= 0.6 is 0 Å². The molecule has 1 heterocycles. The first-order valence-corrected chi connectivity index (χ1v) is 8.40. The van der Waals surface area contributed by atoms with E-state index in [4.69, 9.17) is 9.47 Å². The number of methoxy groups -OCH3 is 2. The number of H-pyrrole nitrogens is 1. The number of rotatable bonds is 6. The highest BCUT2D eigenvalue weighted by Crippen LogP contribution is 2.26. The maximum Gasteiger partial charge on any atom is 0.266 e. The lowest BCUT2D eigenvalue weighted by atomic mass is 10.1. The highest BCUT2D eigenvalue weighted by Gasteiger charge is 2.14. The Morgan fingerprint density at radius 3 is 2.57 bits per heavy atom. The maximum atomic E-state index is 12.6. The van der Waals surface area contributed by atoms with Gasteiger partial charge in [0.2, 0.25) is 0 Å². The molecule has 0 fully saturated rings. The third-order valence-corrected chi connectivity index (χ3v) is 4.07. The Labute approximate surface area is 162 Å². The quantitative estimate of drug-likeness (QED) is 0.507. The van der Waals surface area contributed by atoms with Gasteiger partial charge in [0.1, 0.15) is 23.1 Å². The van der Waals surface area contributed by atoms with Gasteiger partial charge < -0.3 is 14.8 Å². The van der Waals surface area contributed by atoms with E-state index in [2.05, 4.69) is 15.5 Å². The standard InChI is InChI=1S/C21H18N4O3/c1-27-17-9-7-14(8-10-17)20-16(13-23-25-20)11-15(12-22)21(26)24-18-5-3-4-6-19(18)28-2/h3-11,13H,1-2H3,(H,23,25)(H,24,26). The summed E-state index contributed by atoms with van der Waals surface area (Å²) in [7, 11) is 3.11. The molecule has 3 aromatic rings. The molecule has 0 spiro atoms. The second kappa shape index (κ2) is 8.56. The van der Waals surface area contributed by atoms with Gasteiger partial charge in [-0.15, -0.1) is 0 Å². The Hall–Kier alpha value is -4.05. The first-order chi connectivity index (χ1) is 13.7. The Morgan fingerprint density at radius 2 is 1.89 bits per heavy atom. The molecule has 2 aromatic carbocycles. The topological polar surface area (TPSA) is 100 Å². The summed E-state index contributed by atoms with van der Waals surface area (Å²) >= 11 is 0. The number of hydrogen-bond acceptors (Lipinski definition) is 5. The number of aromatic amines is 1. The van der Waals surface area contributed by atoms with Crippen LogP contribution in [0.5, 0.6) is 11.5 Å². The van der Waals surface area contributed by atoms with E-state index in [-0.39, 0.29) is 5.57 Å². The van der Waals surface area contributed by atoms with E-state index < -0.39 is 5.91 Å². The number of ether oxygens (including phenoxy) is 2. The van der Waals surface area contributed by atoms with E-state index in [0.717, 1.165) is 11.3 Å². The van der Waals surface area contributed by atoms with Crippen molar-refractivity contribution in [3.8, 4) is 28.8 Å². The van der Waals surface area contributed by atoms with Crippen molar-refractivity contribution in [2.45, 2.75) is 0 Å². The highest BCUT2D eigenvalue weighted by atomic mass is 16.5. The monoisotopic (exact) mass is 374 g/mol. The number of anilines is 1. The smallest absolute Gasteiger partial charge is 0.266 e. The van der Waals surface area contributed by atoms with Gasteiger partial charge >= 0.3 is 0 Å².